The minimum absolute atomic E-state index is 0.00660. The molecule has 0 saturated carbocycles. The summed E-state index contributed by atoms with van der Waals surface area (Å²) >= 11 is 17.7. The van der Waals surface area contributed by atoms with E-state index in [9.17, 15) is 19.2 Å². The Morgan fingerprint density at radius 2 is 1.56 bits per heavy atom. The number of halogens is 3. The number of benzene rings is 3. The lowest BCUT2D eigenvalue weighted by Gasteiger charge is -2.16. The molecule has 0 aromatic heterocycles. The molecule has 4 rings (SSSR count). The first-order valence-electron chi connectivity index (χ1n) is 10.7. The molecule has 0 bridgehead atoms. The topological polar surface area (TPSA) is 90.0 Å². The van der Waals surface area contributed by atoms with Gasteiger partial charge < -0.3 is 14.4 Å². The average molecular weight is 547 g/mol. The zero-order valence-corrected chi connectivity index (χ0v) is 20.8. The Bertz CT molecular complexity index is 1320. The van der Waals surface area contributed by atoms with Crippen molar-refractivity contribution in [2.45, 2.75) is 6.42 Å². The van der Waals surface area contributed by atoms with Crippen molar-refractivity contribution in [2.24, 2.45) is 5.92 Å². The van der Waals surface area contributed by atoms with Crippen LogP contribution in [0.3, 0.4) is 0 Å². The number of amides is 1. The van der Waals surface area contributed by atoms with Crippen molar-refractivity contribution in [2.75, 3.05) is 18.1 Å². The standard InChI is InChI=1S/C26H18Cl3NO6/c27-17-3-6-19(7-4-17)30-13-16(11-24(30)32)25(33)35-14-23(31)15-1-8-20(9-2-15)36-26(34)21-10-5-18(28)12-22(21)29/h1-10,12,16H,11,13-14H2/t16-/m0/s1. The van der Waals surface area contributed by atoms with Crippen LogP contribution in [0.25, 0.3) is 0 Å². The van der Waals surface area contributed by atoms with Gasteiger partial charge in [0.05, 0.1) is 16.5 Å². The maximum Gasteiger partial charge on any atom is 0.345 e. The van der Waals surface area contributed by atoms with Crippen LogP contribution in [0.1, 0.15) is 27.1 Å². The molecule has 1 amide bonds. The highest BCUT2D eigenvalue weighted by Crippen LogP contribution is 2.27. The van der Waals surface area contributed by atoms with E-state index in [-0.39, 0.29) is 40.8 Å². The fourth-order valence-electron chi connectivity index (χ4n) is 3.60. The van der Waals surface area contributed by atoms with Crippen molar-refractivity contribution in [1.29, 1.82) is 0 Å². The predicted molar refractivity (Wildman–Crippen MR) is 135 cm³/mol. The largest absolute Gasteiger partial charge is 0.457 e. The number of rotatable bonds is 7. The van der Waals surface area contributed by atoms with Crippen molar-refractivity contribution in [1.82, 2.24) is 0 Å². The minimum Gasteiger partial charge on any atom is -0.457 e. The Balaban J connectivity index is 1.29. The number of hydrogen-bond acceptors (Lipinski definition) is 6. The molecule has 0 unspecified atom stereocenters. The Labute approximate surface area is 221 Å². The Morgan fingerprint density at radius 3 is 2.22 bits per heavy atom. The molecule has 1 heterocycles. The van der Waals surface area contributed by atoms with Gasteiger partial charge in [-0.2, -0.15) is 0 Å². The van der Waals surface area contributed by atoms with Crippen LogP contribution in [0, 0.1) is 5.92 Å². The zero-order chi connectivity index (χ0) is 25.8. The molecule has 0 spiro atoms. The number of carbonyl (C=O) groups excluding carboxylic acids is 4. The molecule has 0 radical (unpaired) electrons. The van der Waals surface area contributed by atoms with Gasteiger partial charge in [-0.25, -0.2) is 4.79 Å². The molecule has 36 heavy (non-hydrogen) atoms. The number of ketones is 1. The van der Waals surface area contributed by atoms with E-state index in [4.69, 9.17) is 44.3 Å². The van der Waals surface area contributed by atoms with E-state index >= 15 is 0 Å². The lowest BCUT2D eigenvalue weighted by Crippen LogP contribution is -2.27. The van der Waals surface area contributed by atoms with Crippen LogP contribution in [0.5, 0.6) is 5.75 Å². The smallest absolute Gasteiger partial charge is 0.345 e. The maximum absolute atomic E-state index is 12.5. The van der Waals surface area contributed by atoms with Crippen LogP contribution in [-0.4, -0.2) is 36.8 Å². The lowest BCUT2D eigenvalue weighted by atomic mass is 10.1. The molecular formula is C26H18Cl3NO6. The summed E-state index contributed by atoms with van der Waals surface area (Å²) in [6, 6.07) is 16.9. The molecular weight excluding hydrogens is 529 g/mol. The van der Waals surface area contributed by atoms with Gasteiger partial charge in [0.2, 0.25) is 5.91 Å². The van der Waals surface area contributed by atoms with Gasteiger partial charge in [0.15, 0.2) is 12.4 Å². The summed E-state index contributed by atoms with van der Waals surface area (Å²) in [4.78, 5) is 51.1. The van der Waals surface area contributed by atoms with Crippen LogP contribution < -0.4 is 9.64 Å². The quantitative estimate of drug-likeness (QED) is 0.216. The zero-order valence-electron chi connectivity index (χ0n) is 18.6. The fourth-order valence-corrected chi connectivity index (χ4v) is 4.21. The SMILES string of the molecule is O=C(COC(=O)[C@H]1CC(=O)N(c2ccc(Cl)cc2)C1)c1ccc(OC(=O)c2ccc(Cl)cc2Cl)cc1. The van der Waals surface area contributed by atoms with Crippen molar-refractivity contribution in [3.05, 3.63) is 92.9 Å². The van der Waals surface area contributed by atoms with E-state index in [0.29, 0.717) is 15.7 Å². The van der Waals surface area contributed by atoms with Gasteiger partial charge in [-0.3, -0.25) is 14.4 Å². The molecule has 1 atom stereocenters. The van der Waals surface area contributed by atoms with Gasteiger partial charge in [0, 0.05) is 34.3 Å². The molecule has 184 valence electrons. The van der Waals surface area contributed by atoms with Crippen LogP contribution >= 0.6 is 34.8 Å². The summed E-state index contributed by atoms with van der Waals surface area (Å²) in [5.74, 6) is -2.44. The number of ether oxygens (including phenoxy) is 2. The number of Topliss-reactive ketones (excluding diaryl/α,β-unsaturated/α-hetero) is 1. The third-order valence-electron chi connectivity index (χ3n) is 5.48. The number of esters is 2. The molecule has 1 fully saturated rings. The molecule has 3 aromatic carbocycles. The van der Waals surface area contributed by atoms with Crippen LogP contribution in [0.2, 0.25) is 15.1 Å². The number of nitrogens with zero attached hydrogens (tertiary/aromatic N) is 1. The van der Waals surface area contributed by atoms with Crippen molar-refractivity contribution >= 4 is 64.1 Å². The summed E-state index contributed by atoms with van der Waals surface area (Å²) < 4.78 is 10.4. The van der Waals surface area contributed by atoms with Gasteiger partial charge in [-0.15, -0.1) is 0 Å². The molecule has 1 saturated heterocycles. The predicted octanol–water partition coefficient (Wildman–Crippen LogP) is 5.65. The normalized spacial score (nSPS) is 15.0. The Morgan fingerprint density at radius 1 is 0.889 bits per heavy atom. The highest BCUT2D eigenvalue weighted by Gasteiger charge is 2.36. The first kappa shape index (κ1) is 25.7. The first-order chi connectivity index (χ1) is 17.2. The van der Waals surface area contributed by atoms with Gasteiger partial charge >= 0.3 is 11.9 Å². The van der Waals surface area contributed by atoms with Gasteiger partial charge in [-0.05, 0) is 66.7 Å². The van der Waals surface area contributed by atoms with Gasteiger partial charge in [-0.1, -0.05) is 34.8 Å². The highest BCUT2D eigenvalue weighted by molar-refractivity contribution is 6.36. The average Bonchev–Trinajstić information content (AvgIpc) is 3.24. The van der Waals surface area contributed by atoms with Gasteiger partial charge in [0.25, 0.3) is 0 Å². The molecule has 1 aliphatic rings. The molecule has 3 aromatic rings. The molecule has 7 nitrogen and oxygen atoms in total. The second-order valence-corrected chi connectivity index (χ2v) is 9.23. The van der Waals surface area contributed by atoms with E-state index in [1.807, 2.05) is 0 Å². The minimum atomic E-state index is -0.678. The van der Waals surface area contributed by atoms with E-state index < -0.39 is 30.2 Å². The summed E-state index contributed by atoms with van der Waals surface area (Å²) in [5, 5.41) is 1.08. The highest BCUT2D eigenvalue weighted by atomic mass is 35.5. The molecule has 1 aliphatic heterocycles. The number of carbonyl (C=O) groups is 4. The van der Waals surface area contributed by atoms with E-state index in [1.165, 1.54) is 47.4 Å². The van der Waals surface area contributed by atoms with E-state index in [1.54, 1.807) is 24.3 Å². The summed E-state index contributed by atoms with van der Waals surface area (Å²) in [7, 11) is 0. The summed E-state index contributed by atoms with van der Waals surface area (Å²) in [5.41, 5.74) is 1.04. The van der Waals surface area contributed by atoms with Crippen molar-refractivity contribution in [3.63, 3.8) is 0 Å². The van der Waals surface area contributed by atoms with Crippen LogP contribution in [0.15, 0.2) is 66.7 Å². The molecule has 0 aliphatic carbocycles. The number of hydrogen-bond donors (Lipinski definition) is 0. The van der Waals surface area contributed by atoms with Crippen LogP contribution in [-0.2, 0) is 14.3 Å². The monoisotopic (exact) mass is 545 g/mol. The molecule has 10 heteroatoms. The second kappa shape index (κ2) is 11.1. The summed E-state index contributed by atoms with van der Waals surface area (Å²) in [6.45, 7) is -0.324. The molecule has 0 N–H and O–H groups in total. The van der Waals surface area contributed by atoms with Crippen molar-refractivity contribution < 1.29 is 28.7 Å². The Hall–Kier alpha value is -3.39. The van der Waals surface area contributed by atoms with E-state index in [0.717, 1.165) is 0 Å². The lowest BCUT2D eigenvalue weighted by molar-refractivity contribution is -0.147. The third kappa shape index (κ3) is 6.05. The van der Waals surface area contributed by atoms with Crippen LogP contribution in [0.4, 0.5) is 5.69 Å². The number of anilines is 1. The van der Waals surface area contributed by atoms with E-state index in [2.05, 4.69) is 0 Å². The van der Waals surface area contributed by atoms with Gasteiger partial charge in [0.1, 0.15) is 5.75 Å². The summed E-state index contributed by atoms with van der Waals surface area (Å²) in [6.07, 6.45) is -0.00660. The maximum atomic E-state index is 12.5. The fraction of sp³-hybridized carbons (Fsp3) is 0.154. The third-order valence-corrected chi connectivity index (χ3v) is 6.28. The second-order valence-electron chi connectivity index (χ2n) is 7.95. The first-order valence-corrected chi connectivity index (χ1v) is 11.9. The Kier molecular flexibility index (Phi) is 7.94. The van der Waals surface area contributed by atoms with Crippen molar-refractivity contribution in [3.8, 4) is 5.75 Å².